The minimum absolute atomic E-state index is 0.0580. The molecule has 664 valence electrons. The average molecular weight is 1760 g/mol. The number of hydrogen-bond donors (Lipinski definition) is 0. The van der Waals surface area contributed by atoms with E-state index in [0.717, 1.165) is 101 Å². The molecule has 5 heterocycles. The molecular formula is C130H116BN5. The predicted molar refractivity (Wildman–Crippen MR) is 582 cm³/mol. The first-order valence-corrected chi connectivity index (χ1v) is 49.6. The number of anilines is 5. The van der Waals surface area contributed by atoms with Gasteiger partial charge in [0.25, 0.3) is 6.71 Å². The van der Waals surface area contributed by atoms with Crippen LogP contribution in [0.15, 0.2) is 405 Å². The topological polar surface area (TPSA) is 21.3 Å². The van der Waals surface area contributed by atoms with Crippen LogP contribution in [-0.2, 0) is 21.7 Å². The number of fused-ring (bicyclic) bond motifs is 13. The molecule has 2 aliphatic heterocycles. The second kappa shape index (κ2) is 32.7. The summed E-state index contributed by atoms with van der Waals surface area (Å²) in [6, 6.07) is 117. The van der Waals surface area contributed by atoms with Gasteiger partial charge >= 0.3 is 0 Å². The van der Waals surface area contributed by atoms with Gasteiger partial charge in [0.15, 0.2) is 0 Å². The number of hydrogen-bond acceptors (Lipinski definition) is 2. The van der Waals surface area contributed by atoms with E-state index < -0.39 is 0 Å². The lowest BCUT2D eigenvalue weighted by atomic mass is 9.33. The van der Waals surface area contributed by atoms with E-state index in [1.54, 1.807) is 0 Å². The molecule has 3 unspecified atom stereocenters. The van der Waals surface area contributed by atoms with Crippen molar-refractivity contribution in [2.45, 2.75) is 168 Å². The molecule has 0 saturated carbocycles. The molecule has 7 aliphatic rings. The van der Waals surface area contributed by atoms with E-state index in [1.165, 1.54) is 171 Å². The van der Waals surface area contributed by atoms with Crippen LogP contribution in [-0.4, -0.2) is 26.5 Å². The van der Waals surface area contributed by atoms with Crippen molar-refractivity contribution in [2.75, 3.05) is 9.80 Å². The summed E-state index contributed by atoms with van der Waals surface area (Å²) < 4.78 is 7.87. The molecule has 0 fully saturated rings. The molecule has 0 saturated heterocycles. The van der Waals surface area contributed by atoms with Crippen LogP contribution in [0.1, 0.15) is 184 Å². The van der Waals surface area contributed by atoms with Crippen LogP contribution in [0.25, 0.3) is 116 Å². The summed E-state index contributed by atoms with van der Waals surface area (Å²) in [5, 5.41) is 7.48. The maximum atomic E-state index is 2.95. The van der Waals surface area contributed by atoms with E-state index >= 15 is 0 Å². The highest BCUT2D eigenvalue weighted by Crippen LogP contribution is 2.56. The maximum Gasteiger partial charge on any atom is 0.252 e. The van der Waals surface area contributed by atoms with Crippen molar-refractivity contribution < 1.29 is 0 Å². The Morgan fingerprint density at radius 1 is 0.331 bits per heavy atom. The third-order valence-corrected chi connectivity index (χ3v) is 30.6. The van der Waals surface area contributed by atoms with Gasteiger partial charge < -0.3 is 23.5 Å². The summed E-state index contributed by atoms with van der Waals surface area (Å²) in [4.78, 5) is 5.79. The second-order valence-corrected chi connectivity index (χ2v) is 43.2. The number of allylic oxidation sites excluding steroid dienone is 17. The lowest BCUT2D eigenvalue weighted by Crippen LogP contribution is -2.63. The van der Waals surface area contributed by atoms with Gasteiger partial charge in [-0.05, 0) is 281 Å². The van der Waals surface area contributed by atoms with Crippen LogP contribution in [0.3, 0.4) is 0 Å². The van der Waals surface area contributed by atoms with Gasteiger partial charge in [-0.3, -0.25) is 0 Å². The predicted octanol–water partition coefficient (Wildman–Crippen LogP) is 32.7. The molecule has 17 aromatic rings. The van der Waals surface area contributed by atoms with Crippen LogP contribution in [0, 0.1) is 0 Å². The molecule has 0 radical (unpaired) electrons. The smallest absolute Gasteiger partial charge is 0.252 e. The third kappa shape index (κ3) is 14.4. The van der Waals surface area contributed by atoms with Crippen LogP contribution < -0.4 is 26.2 Å². The minimum Gasteiger partial charge on any atom is -0.334 e. The van der Waals surface area contributed by atoms with Crippen molar-refractivity contribution in [3.05, 3.63) is 449 Å². The molecule has 14 aromatic carbocycles. The molecule has 5 aliphatic carbocycles. The SMILES string of the molecule is CC(C)(C)c1ccc2c(c1)c1cc(C(C)(C)C)ccc1n2-c1ccc2c(c1)N(c1c(-c3cccc(-c4ccccc4)c3)cccc1C1C=CC=C(c3ccccc3)C1)c1cc(-n3c4ccccc4c4ccccc43)cc3c1B2c1ccc(-n2c4ccc(C(C)(C)C)cc4c4cc(C(C)(C)C)ccc42)cc1N3C1C(C2=CC(C3=CCCC=C3)=CCC2)=CC=CC1c1cccc(C2=CC=CCC2)c1. The Bertz CT molecular complexity index is 7980. The van der Waals surface area contributed by atoms with Gasteiger partial charge in [0.05, 0.1) is 50.5 Å². The van der Waals surface area contributed by atoms with Crippen molar-refractivity contribution in [2.24, 2.45) is 0 Å². The molecule has 24 rings (SSSR count). The first-order chi connectivity index (χ1) is 66.0. The Kier molecular flexibility index (Phi) is 20.3. The third-order valence-electron chi connectivity index (χ3n) is 30.6. The number of aromatic nitrogens is 3. The van der Waals surface area contributed by atoms with E-state index in [9.17, 15) is 0 Å². The van der Waals surface area contributed by atoms with E-state index in [2.05, 4.69) is 489 Å². The molecule has 0 N–H and O–H groups in total. The van der Waals surface area contributed by atoms with Crippen molar-refractivity contribution in [1.29, 1.82) is 0 Å². The van der Waals surface area contributed by atoms with Crippen molar-refractivity contribution in [1.82, 2.24) is 13.7 Å². The van der Waals surface area contributed by atoms with Gasteiger partial charge in [0.1, 0.15) is 0 Å². The van der Waals surface area contributed by atoms with Crippen LogP contribution in [0.2, 0.25) is 0 Å². The zero-order chi connectivity index (χ0) is 92.4. The summed E-state index contributed by atoms with van der Waals surface area (Å²) in [6.07, 6.45) is 40.8. The zero-order valence-corrected chi connectivity index (χ0v) is 80.4. The molecular weight excluding hydrogens is 1640 g/mol. The Morgan fingerprint density at radius 3 is 1.44 bits per heavy atom. The maximum absolute atomic E-state index is 2.95. The summed E-state index contributed by atoms with van der Waals surface area (Å²) in [7, 11) is 0. The molecule has 0 bridgehead atoms. The Morgan fingerprint density at radius 2 is 0.838 bits per heavy atom. The highest BCUT2D eigenvalue weighted by molar-refractivity contribution is 7.00. The number of para-hydroxylation sites is 3. The summed E-state index contributed by atoms with van der Waals surface area (Å²) in [6.45, 7) is 28.0. The van der Waals surface area contributed by atoms with E-state index in [0.29, 0.717) is 0 Å². The first-order valence-electron chi connectivity index (χ1n) is 49.6. The summed E-state index contributed by atoms with van der Waals surface area (Å²) >= 11 is 0. The Hall–Kier alpha value is -14.5. The lowest BCUT2D eigenvalue weighted by molar-refractivity contribution is 0.590. The lowest BCUT2D eigenvalue weighted by Gasteiger charge is -2.50. The molecule has 136 heavy (non-hydrogen) atoms. The minimum atomic E-state index is -0.325. The first kappa shape index (κ1) is 84.5. The Balaban J connectivity index is 0.869. The van der Waals surface area contributed by atoms with Crippen LogP contribution in [0.5, 0.6) is 0 Å². The highest BCUT2D eigenvalue weighted by atomic mass is 15.2. The fourth-order valence-corrected chi connectivity index (χ4v) is 23.5. The average Bonchev–Trinajstić information content (AvgIpc) is 1.02. The number of benzene rings is 14. The van der Waals surface area contributed by atoms with Gasteiger partial charge in [-0.2, -0.15) is 0 Å². The number of nitrogens with zero attached hydrogens (tertiary/aromatic N) is 5. The quantitative estimate of drug-likeness (QED) is 0.107. The second-order valence-electron chi connectivity index (χ2n) is 43.2. The fraction of sp³-hybridized carbons (Fsp3) is 0.200. The molecule has 3 aromatic heterocycles. The molecule has 6 heteroatoms. The molecule has 0 spiro atoms. The Labute approximate surface area is 802 Å². The van der Waals surface area contributed by atoms with E-state index in [-0.39, 0.29) is 46.3 Å². The van der Waals surface area contributed by atoms with Crippen LogP contribution in [0.4, 0.5) is 28.4 Å². The molecule has 3 atom stereocenters. The standard InChI is InChI=1S/C130H116BN5/c1-127(2,3)95-59-67-116-108(75-95)109-76-96(128(4,5)6)60-68-117(109)132(116)99-63-65-112-120(79-99)135(125-102(91-47-29-43-87(71-91)83-35-17-13-18-36-83)53-33-54-103(125)92-48-30-44-88(72-92)84-37-19-14-20-38-84)122-81-101(134-114-57-27-25-51-106(114)107-52-26-28-58-115(107)134)82-123-124(122)131(112)113-66-64-100(133-118-69-61-97(129(7,8)9)77-110(118)111-78-98(130(10,11)12)62-70-119(111)133)80-121(113)136(123)126-104(93-49-31-45-89(73-93)85-39-21-15-22-40-85)55-34-56-105(126)94-50-32-46-90(74-94)86-41-23-16-24-42-86/h13-15,17-21,23,25-31,33-39,41-49,51-71,73-82,92,104,126H,16,22,24,32,40,50,72H2,1-12H3. The van der Waals surface area contributed by atoms with Gasteiger partial charge in [-0.15, -0.1) is 0 Å². The zero-order valence-electron chi connectivity index (χ0n) is 80.4. The van der Waals surface area contributed by atoms with Gasteiger partial charge in [-0.25, -0.2) is 0 Å². The van der Waals surface area contributed by atoms with Gasteiger partial charge in [0.2, 0.25) is 0 Å². The molecule has 0 amide bonds. The van der Waals surface area contributed by atoms with Crippen LogP contribution >= 0.6 is 0 Å². The molecule has 5 nitrogen and oxygen atoms in total. The van der Waals surface area contributed by atoms with Gasteiger partial charge in [0, 0.05) is 83.8 Å². The van der Waals surface area contributed by atoms with Crippen molar-refractivity contribution in [3.8, 4) is 39.3 Å². The summed E-state index contributed by atoms with van der Waals surface area (Å²) in [5.74, 6) is -0.226. The normalized spacial score (nSPS) is 17.2. The number of rotatable bonds is 13. The highest BCUT2D eigenvalue weighted by Gasteiger charge is 2.49. The van der Waals surface area contributed by atoms with Crippen molar-refractivity contribution in [3.63, 3.8) is 0 Å². The van der Waals surface area contributed by atoms with Gasteiger partial charge in [-0.1, -0.05) is 362 Å². The summed E-state index contributed by atoms with van der Waals surface area (Å²) in [5.41, 5.74) is 42.5. The largest absolute Gasteiger partial charge is 0.334 e. The monoisotopic (exact) mass is 1760 g/mol. The van der Waals surface area contributed by atoms with E-state index in [1.807, 2.05) is 0 Å². The van der Waals surface area contributed by atoms with Crippen molar-refractivity contribution >= 4 is 128 Å². The fourth-order valence-electron chi connectivity index (χ4n) is 23.5. The van der Waals surface area contributed by atoms with E-state index in [4.69, 9.17) is 0 Å².